The Morgan fingerprint density at radius 3 is 2.03 bits per heavy atom. The summed E-state index contributed by atoms with van der Waals surface area (Å²) in [4.78, 5) is 63.3. The number of carbonyl (C=O) groups is 5. The van der Waals surface area contributed by atoms with Crippen molar-refractivity contribution in [2.24, 2.45) is 0 Å². The second-order valence-electron chi connectivity index (χ2n) is 6.82. The topological polar surface area (TPSA) is 145 Å². The molecule has 0 aromatic carbocycles. The Morgan fingerprint density at radius 2 is 1.52 bits per heavy atom. The number of ketones is 2. The number of rotatable bonds is 8. The molecule has 0 spiro atoms. The van der Waals surface area contributed by atoms with Crippen molar-refractivity contribution in [1.29, 1.82) is 0 Å². The first kappa shape index (κ1) is 23.6. The minimum atomic E-state index is -0.828. The quantitative estimate of drug-likeness (QED) is 0.478. The third-order valence-electron chi connectivity index (χ3n) is 4.50. The second kappa shape index (κ2) is 9.41. The Balaban J connectivity index is 2.17. The highest BCUT2D eigenvalue weighted by Crippen LogP contribution is 2.28. The van der Waals surface area contributed by atoms with Gasteiger partial charge in [-0.2, -0.15) is 0 Å². The molecular formula is C21H24N2O8. The first-order valence-corrected chi connectivity index (χ1v) is 9.48. The first-order valence-electron chi connectivity index (χ1n) is 9.48. The average molecular weight is 432 g/mol. The maximum Gasteiger partial charge on any atom is 0.355 e. The smallest absolute Gasteiger partial charge is 0.355 e. The molecule has 2 N–H and O–H groups in total. The van der Waals surface area contributed by atoms with E-state index in [1.54, 1.807) is 20.8 Å². The van der Waals surface area contributed by atoms with Crippen LogP contribution in [0.25, 0.3) is 0 Å². The molecule has 2 rings (SSSR count). The summed E-state index contributed by atoms with van der Waals surface area (Å²) in [5, 5.41) is 2.32. The van der Waals surface area contributed by atoms with E-state index in [4.69, 9.17) is 13.9 Å². The molecule has 0 saturated heterocycles. The van der Waals surface area contributed by atoms with Crippen LogP contribution in [0.1, 0.15) is 79.4 Å². The molecule has 0 fully saturated rings. The van der Waals surface area contributed by atoms with E-state index in [1.165, 1.54) is 20.8 Å². The number of Topliss-reactive ketones (excluding diaryl/α,β-unsaturated/α-hetero) is 2. The van der Waals surface area contributed by atoms with Crippen LogP contribution in [-0.4, -0.2) is 47.6 Å². The fraction of sp³-hybridized carbons (Fsp3) is 0.381. The van der Waals surface area contributed by atoms with Gasteiger partial charge in [-0.05, 0) is 47.1 Å². The lowest BCUT2D eigenvalue weighted by atomic mass is 10.1. The lowest BCUT2D eigenvalue weighted by Gasteiger charge is -2.07. The van der Waals surface area contributed by atoms with E-state index in [-0.39, 0.29) is 40.9 Å². The third-order valence-corrected chi connectivity index (χ3v) is 4.50. The largest absolute Gasteiger partial charge is 0.462 e. The van der Waals surface area contributed by atoms with Crippen LogP contribution in [0.4, 0.5) is 5.88 Å². The van der Waals surface area contributed by atoms with E-state index in [9.17, 15) is 24.0 Å². The summed E-state index contributed by atoms with van der Waals surface area (Å²) >= 11 is 0. The standard InChI is InChI=1S/C21H24N2O8/c1-7-29-20(27)17-16(12(5)25)13(6)31-19(17)23-14(26)8-30-21(28)18-9(2)15(11(4)24)10(3)22-18/h22H,7-8H2,1-6H3,(H,23,26). The van der Waals surface area contributed by atoms with Crippen molar-refractivity contribution in [3.63, 3.8) is 0 Å². The summed E-state index contributed by atoms with van der Waals surface area (Å²) in [6, 6.07) is 0. The summed E-state index contributed by atoms with van der Waals surface area (Å²) in [7, 11) is 0. The average Bonchev–Trinajstić information content (AvgIpc) is 3.15. The summed E-state index contributed by atoms with van der Waals surface area (Å²) in [6.45, 7) is 8.31. The number of aromatic nitrogens is 1. The molecule has 10 heteroatoms. The van der Waals surface area contributed by atoms with Crippen molar-refractivity contribution in [2.45, 2.75) is 41.5 Å². The van der Waals surface area contributed by atoms with E-state index < -0.39 is 30.2 Å². The molecule has 2 aromatic heterocycles. The number of esters is 2. The molecule has 0 atom stereocenters. The van der Waals surface area contributed by atoms with Crippen molar-refractivity contribution in [2.75, 3.05) is 18.5 Å². The zero-order chi connectivity index (χ0) is 23.5. The third kappa shape index (κ3) is 4.90. The molecule has 0 radical (unpaired) electrons. The van der Waals surface area contributed by atoms with Crippen LogP contribution in [-0.2, 0) is 14.3 Å². The zero-order valence-corrected chi connectivity index (χ0v) is 18.2. The SMILES string of the molecule is CCOC(=O)c1c(NC(=O)COC(=O)c2[nH]c(C)c(C(C)=O)c2C)oc(C)c1C(C)=O. The Kier molecular flexibility index (Phi) is 7.16. The van der Waals surface area contributed by atoms with Crippen LogP contribution in [0.5, 0.6) is 0 Å². The van der Waals surface area contributed by atoms with Crippen molar-refractivity contribution in [3.05, 3.63) is 39.4 Å². The molecule has 0 aliphatic rings. The van der Waals surface area contributed by atoms with Crippen LogP contribution in [0.15, 0.2) is 4.42 Å². The van der Waals surface area contributed by atoms with Gasteiger partial charge in [0.05, 0.1) is 12.2 Å². The van der Waals surface area contributed by atoms with Crippen molar-refractivity contribution >= 4 is 35.3 Å². The minimum Gasteiger partial charge on any atom is -0.462 e. The Labute approximate surface area is 178 Å². The number of carbonyl (C=O) groups excluding carboxylic acids is 5. The van der Waals surface area contributed by atoms with E-state index >= 15 is 0 Å². The van der Waals surface area contributed by atoms with E-state index in [2.05, 4.69) is 10.3 Å². The predicted molar refractivity (Wildman–Crippen MR) is 109 cm³/mol. The number of hydrogen-bond acceptors (Lipinski definition) is 8. The number of aryl methyl sites for hydroxylation is 2. The lowest BCUT2D eigenvalue weighted by Crippen LogP contribution is -2.22. The van der Waals surface area contributed by atoms with Gasteiger partial charge in [0.15, 0.2) is 18.2 Å². The molecule has 2 aromatic rings. The minimum absolute atomic E-state index is 0.00000694. The maximum absolute atomic E-state index is 12.3. The fourth-order valence-electron chi connectivity index (χ4n) is 3.30. The lowest BCUT2D eigenvalue weighted by molar-refractivity contribution is -0.119. The van der Waals surface area contributed by atoms with E-state index in [0.717, 1.165) is 0 Å². The van der Waals surface area contributed by atoms with E-state index in [1.807, 2.05) is 0 Å². The molecule has 1 amide bonds. The van der Waals surface area contributed by atoms with Crippen molar-refractivity contribution < 1.29 is 37.9 Å². The van der Waals surface area contributed by atoms with Crippen LogP contribution < -0.4 is 5.32 Å². The molecule has 0 saturated carbocycles. The van der Waals surface area contributed by atoms with Crippen molar-refractivity contribution in [1.82, 2.24) is 4.98 Å². The highest BCUT2D eigenvalue weighted by molar-refractivity contribution is 6.11. The van der Waals surface area contributed by atoms with Crippen LogP contribution >= 0.6 is 0 Å². The molecule has 166 valence electrons. The molecule has 0 aliphatic carbocycles. The number of aromatic amines is 1. The van der Waals surface area contributed by atoms with Gasteiger partial charge in [-0.3, -0.25) is 19.7 Å². The van der Waals surface area contributed by atoms with E-state index in [0.29, 0.717) is 16.8 Å². The van der Waals surface area contributed by atoms with Gasteiger partial charge in [0, 0.05) is 11.3 Å². The van der Waals surface area contributed by atoms with Gasteiger partial charge >= 0.3 is 11.9 Å². The Hall–Kier alpha value is -3.69. The molecular weight excluding hydrogens is 408 g/mol. The number of anilines is 1. The highest BCUT2D eigenvalue weighted by Gasteiger charge is 2.29. The monoisotopic (exact) mass is 432 g/mol. The van der Waals surface area contributed by atoms with Gasteiger partial charge in [0.1, 0.15) is 17.0 Å². The van der Waals surface area contributed by atoms with Crippen LogP contribution in [0.3, 0.4) is 0 Å². The summed E-state index contributed by atoms with van der Waals surface area (Å²) in [5.41, 5.74) is 1.19. The van der Waals surface area contributed by atoms with Gasteiger partial charge in [0.2, 0.25) is 5.88 Å². The number of nitrogens with one attached hydrogen (secondary N) is 2. The number of amides is 1. The number of furan rings is 1. The second-order valence-corrected chi connectivity index (χ2v) is 6.82. The van der Waals surface area contributed by atoms with Gasteiger partial charge in [-0.25, -0.2) is 9.59 Å². The summed E-state index contributed by atoms with van der Waals surface area (Å²) in [5.74, 6) is -3.22. The molecule has 0 bridgehead atoms. The van der Waals surface area contributed by atoms with Gasteiger partial charge in [0.25, 0.3) is 5.91 Å². The number of hydrogen-bond donors (Lipinski definition) is 2. The van der Waals surface area contributed by atoms with Crippen molar-refractivity contribution in [3.8, 4) is 0 Å². The number of ether oxygens (including phenoxy) is 2. The van der Waals surface area contributed by atoms with Crippen LogP contribution in [0, 0.1) is 20.8 Å². The van der Waals surface area contributed by atoms with Gasteiger partial charge in [-0.1, -0.05) is 0 Å². The summed E-state index contributed by atoms with van der Waals surface area (Å²) < 4.78 is 15.3. The predicted octanol–water partition coefficient (Wildman–Crippen LogP) is 2.91. The Morgan fingerprint density at radius 1 is 0.903 bits per heavy atom. The normalized spacial score (nSPS) is 10.5. The molecule has 31 heavy (non-hydrogen) atoms. The maximum atomic E-state index is 12.3. The molecule has 0 unspecified atom stereocenters. The fourth-order valence-corrected chi connectivity index (χ4v) is 3.30. The van der Waals surface area contributed by atoms with Gasteiger partial charge in [-0.15, -0.1) is 0 Å². The zero-order valence-electron chi connectivity index (χ0n) is 18.2. The van der Waals surface area contributed by atoms with Crippen LogP contribution in [0.2, 0.25) is 0 Å². The Bertz CT molecular complexity index is 1070. The summed E-state index contributed by atoms with van der Waals surface area (Å²) in [6.07, 6.45) is 0. The number of H-pyrrole nitrogens is 1. The molecule has 10 nitrogen and oxygen atoms in total. The van der Waals surface area contributed by atoms with Gasteiger partial charge < -0.3 is 18.9 Å². The first-order chi connectivity index (χ1) is 14.5. The molecule has 2 heterocycles. The molecule has 0 aliphatic heterocycles. The highest BCUT2D eigenvalue weighted by atomic mass is 16.5.